The number of rotatable bonds is 1. The molecule has 0 saturated carbocycles. The first-order chi connectivity index (χ1) is 5.09. The largest absolute Gasteiger partial charge is 0.478 e. The first-order valence-corrected chi connectivity index (χ1v) is 3.28. The Labute approximate surface area is 76.9 Å². The van der Waals surface area contributed by atoms with E-state index in [1.165, 1.54) is 0 Å². The van der Waals surface area contributed by atoms with Gasteiger partial charge in [0.2, 0.25) is 0 Å². The molecule has 0 radical (unpaired) electrons. The van der Waals surface area contributed by atoms with Crippen molar-refractivity contribution in [3.63, 3.8) is 0 Å². The second kappa shape index (κ2) is 4.07. The standard InChI is InChI=1S/C8H9NO2.ClH/c1-5-3-7(8(10)11)4-6(2)9-5;/h3-4H,1-2H3,(H,10,11);1H. The van der Waals surface area contributed by atoms with Crippen LogP contribution in [0.4, 0.5) is 0 Å². The molecule has 0 spiro atoms. The fourth-order valence-corrected chi connectivity index (χ4v) is 0.958. The van der Waals surface area contributed by atoms with Crippen molar-refractivity contribution >= 4 is 18.4 Å². The van der Waals surface area contributed by atoms with E-state index in [9.17, 15) is 4.79 Å². The molecule has 1 rings (SSSR count). The van der Waals surface area contributed by atoms with E-state index < -0.39 is 5.97 Å². The highest BCUT2D eigenvalue weighted by atomic mass is 35.5. The molecule has 1 aromatic heterocycles. The molecule has 0 aliphatic rings. The third kappa shape index (κ3) is 2.51. The van der Waals surface area contributed by atoms with Gasteiger partial charge in [0.25, 0.3) is 0 Å². The van der Waals surface area contributed by atoms with Gasteiger partial charge in [0.05, 0.1) is 5.56 Å². The molecule has 0 bridgehead atoms. The first-order valence-electron chi connectivity index (χ1n) is 3.28. The molecule has 66 valence electrons. The van der Waals surface area contributed by atoms with Crippen LogP contribution in [-0.4, -0.2) is 16.1 Å². The molecule has 0 aliphatic carbocycles. The topological polar surface area (TPSA) is 50.2 Å². The molecule has 0 atom stereocenters. The van der Waals surface area contributed by atoms with Crippen LogP contribution in [-0.2, 0) is 0 Å². The molecular formula is C8H10ClNO2. The minimum atomic E-state index is -0.904. The van der Waals surface area contributed by atoms with Crippen LogP contribution < -0.4 is 0 Å². The van der Waals surface area contributed by atoms with Crippen LogP contribution in [0.3, 0.4) is 0 Å². The number of aromatic carboxylic acids is 1. The molecule has 0 aromatic carbocycles. The molecule has 3 nitrogen and oxygen atoms in total. The molecular weight excluding hydrogens is 178 g/mol. The lowest BCUT2D eigenvalue weighted by atomic mass is 10.2. The Morgan fingerprint density at radius 1 is 1.33 bits per heavy atom. The molecule has 1 heterocycles. The second-order valence-corrected chi connectivity index (χ2v) is 2.44. The van der Waals surface area contributed by atoms with Crippen LogP contribution in [0.5, 0.6) is 0 Å². The smallest absolute Gasteiger partial charge is 0.335 e. The van der Waals surface area contributed by atoms with Gasteiger partial charge in [0.1, 0.15) is 0 Å². The maximum Gasteiger partial charge on any atom is 0.335 e. The van der Waals surface area contributed by atoms with Gasteiger partial charge in [-0.25, -0.2) is 4.79 Å². The lowest BCUT2D eigenvalue weighted by molar-refractivity contribution is 0.0696. The zero-order valence-electron chi connectivity index (χ0n) is 6.87. The number of hydrogen-bond donors (Lipinski definition) is 1. The van der Waals surface area contributed by atoms with Gasteiger partial charge < -0.3 is 5.11 Å². The van der Waals surface area contributed by atoms with Crippen LogP contribution in [0, 0.1) is 13.8 Å². The highest BCUT2D eigenvalue weighted by molar-refractivity contribution is 5.87. The summed E-state index contributed by atoms with van der Waals surface area (Å²) in [4.78, 5) is 14.5. The fourth-order valence-electron chi connectivity index (χ4n) is 0.958. The van der Waals surface area contributed by atoms with Gasteiger partial charge in [-0.15, -0.1) is 12.4 Å². The fraction of sp³-hybridized carbons (Fsp3) is 0.250. The SMILES string of the molecule is Cc1cc(C(=O)O)cc(C)n1.Cl. The molecule has 1 N–H and O–H groups in total. The number of hydrogen-bond acceptors (Lipinski definition) is 2. The highest BCUT2D eigenvalue weighted by Gasteiger charge is 2.03. The van der Waals surface area contributed by atoms with Gasteiger partial charge >= 0.3 is 5.97 Å². The number of carboxylic acids is 1. The number of halogens is 1. The quantitative estimate of drug-likeness (QED) is 0.730. The molecule has 0 unspecified atom stereocenters. The van der Waals surface area contributed by atoms with E-state index in [-0.39, 0.29) is 12.4 Å². The van der Waals surface area contributed by atoms with Crippen molar-refractivity contribution in [1.82, 2.24) is 4.98 Å². The zero-order chi connectivity index (χ0) is 8.43. The molecule has 0 aliphatic heterocycles. The Kier molecular flexibility index (Phi) is 3.70. The molecule has 1 aromatic rings. The average Bonchev–Trinajstić information content (AvgIpc) is 1.85. The third-order valence-electron chi connectivity index (χ3n) is 1.33. The Bertz CT molecular complexity index is 279. The van der Waals surface area contributed by atoms with Crippen LogP contribution in [0.15, 0.2) is 12.1 Å². The van der Waals surface area contributed by atoms with Crippen LogP contribution in [0.25, 0.3) is 0 Å². The summed E-state index contributed by atoms with van der Waals surface area (Å²) in [6.45, 7) is 3.55. The van der Waals surface area contributed by atoms with Gasteiger partial charge in [0.15, 0.2) is 0 Å². The summed E-state index contributed by atoms with van der Waals surface area (Å²) in [6, 6.07) is 3.10. The second-order valence-electron chi connectivity index (χ2n) is 2.44. The predicted octanol–water partition coefficient (Wildman–Crippen LogP) is 1.82. The van der Waals surface area contributed by atoms with Crippen molar-refractivity contribution in [3.05, 3.63) is 29.1 Å². The van der Waals surface area contributed by atoms with Crippen LogP contribution in [0.2, 0.25) is 0 Å². The van der Waals surface area contributed by atoms with Gasteiger partial charge in [-0.1, -0.05) is 0 Å². The van der Waals surface area contributed by atoms with E-state index in [0.717, 1.165) is 11.4 Å². The Balaban J connectivity index is 0.00000121. The molecule has 12 heavy (non-hydrogen) atoms. The van der Waals surface area contributed by atoms with Crippen LogP contribution >= 0.6 is 12.4 Å². The van der Waals surface area contributed by atoms with Gasteiger partial charge in [-0.3, -0.25) is 4.98 Å². The monoisotopic (exact) mass is 187 g/mol. The van der Waals surface area contributed by atoms with Crippen LogP contribution in [0.1, 0.15) is 21.7 Å². The van der Waals surface area contributed by atoms with Gasteiger partial charge in [-0.05, 0) is 26.0 Å². The van der Waals surface area contributed by atoms with Crippen molar-refractivity contribution in [2.45, 2.75) is 13.8 Å². The van der Waals surface area contributed by atoms with E-state index in [0.29, 0.717) is 5.56 Å². The normalized spacial score (nSPS) is 8.83. The highest BCUT2D eigenvalue weighted by Crippen LogP contribution is 2.03. The summed E-state index contributed by atoms with van der Waals surface area (Å²) in [5, 5.41) is 8.61. The lowest BCUT2D eigenvalue weighted by Crippen LogP contribution is -1.99. The maximum absolute atomic E-state index is 10.5. The Morgan fingerprint density at radius 3 is 2.08 bits per heavy atom. The molecule has 4 heteroatoms. The molecule has 0 amide bonds. The van der Waals surface area contributed by atoms with Crippen molar-refractivity contribution in [2.24, 2.45) is 0 Å². The van der Waals surface area contributed by atoms with E-state index >= 15 is 0 Å². The predicted molar refractivity (Wildman–Crippen MR) is 47.9 cm³/mol. The van der Waals surface area contributed by atoms with Gasteiger partial charge in [0, 0.05) is 11.4 Å². The zero-order valence-corrected chi connectivity index (χ0v) is 7.68. The van der Waals surface area contributed by atoms with Crippen molar-refractivity contribution in [2.75, 3.05) is 0 Å². The third-order valence-corrected chi connectivity index (χ3v) is 1.33. The number of pyridine rings is 1. The molecule has 0 fully saturated rings. The van der Waals surface area contributed by atoms with E-state index in [1.54, 1.807) is 26.0 Å². The van der Waals surface area contributed by atoms with E-state index in [1.807, 2.05) is 0 Å². The number of aryl methyl sites for hydroxylation is 2. The lowest BCUT2D eigenvalue weighted by Gasteiger charge is -1.97. The number of carbonyl (C=O) groups is 1. The number of nitrogens with zero attached hydrogens (tertiary/aromatic N) is 1. The summed E-state index contributed by atoms with van der Waals surface area (Å²) in [7, 11) is 0. The van der Waals surface area contributed by atoms with Crippen molar-refractivity contribution in [1.29, 1.82) is 0 Å². The first kappa shape index (κ1) is 10.9. The molecule has 0 saturated heterocycles. The Morgan fingerprint density at radius 2 is 1.75 bits per heavy atom. The maximum atomic E-state index is 10.5. The summed E-state index contributed by atoms with van der Waals surface area (Å²) >= 11 is 0. The number of carboxylic acid groups (broad SMARTS) is 1. The van der Waals surface area contributed by atoms with Gasteiger partial charge in [-0.2, -0.15) is 0 Å². The summed E-state index contributed by atoms with van der Waals surface area (Å²) in [5.74, 6) is -0.904. The number of aromatic nitrogens is 1. The average molecular weight is 188 g/mol. The van der Waals surface area contributed by atoms with Crippen molar-refractivity contribution in [3.8, 4) is 0 Å². The van der Waals surface area contributed by atoms with E-state index in [4.69, 9.17) is 5.11 Å². The minimum Gasteiger partial charge on any atom is -0.478 e. The summed E-state index contributed by atoms with van der Waals surface area (Å²) < 4.78 is 0. The Hall–Kier alpha value is -1.09. The van der Waals surface area contributed by atoms with E-state index in [2.05, 4.69) is 4.98 Å². The minimum absolute atomic E-state index is 0. The van der Waals surface area contributed by atoms with Crippen molar-refractivity contribution < 1.29 is 9.90 Å². The summed E-state index contributed by atoms with van der Waals surface area (Å²) in [5.41, 5.74) is 1.78. The summed E-state index contributed by atoms with van der Waals surface area (Å²) in [6.07, 6.45) is 0.